The van der Waals surface area contributed by atoms with Gasteiger partial charge in [0, 0.05) is 69.0 Å². The first-order chi connectivity index (χ1) is 13.5. The Bertz CT molecular complexity index is 852. The van der Waals surface area contributed by atoms with Gasteiger partial charge in [0.05, 0.1) is 0 Å². The summed E-state index contributed by atoms with van der Waals surface area (Å²) in [6, 6.07) is 10.1. The summed E-state index contributed by atoms with van der Waals surface area (Å²) >= 11 is 6.12. The van der Waals surface area contributed by atoms with Gasteiger partial charge in [-0.2, -0.15) is 0 Å². The molecule has 0 saturated carbocycles. The number of piperazine rings is 1. The molecule has 0 spiro atoms. The number of aromatic nitrogens is 2. The molecule has 0 N–H and O–H groups in total. The van der Waals surface area contributed by atoms with E-state index < -0.39 is 0 Å². The minimum absolute atomic E-state index is 0.176. The van der Waals surface area contributed by atoms with Crippen molar-refractivity contribution in [2.75, 3.05) is 44.2 Å². The van der Waals surface area contributed by atoms with Gasteiger partial charge in [-0.25, -0.2) is 9.97 Å². The van der Waals surface area contributed by atoms with Crippen LogP contribution in [0.4, 0.5) is 5.82 Å². The second kappa shape index (κ2) is 8.05. The van der Waals surface area contributed by atoms with E-state index in [-0.39, 0.29) is 5.91 Å². The Morgan fingerprint density at radius 1 is 1.14 bits per heavy atom. The average molecular weight is 400 g/mol. The molecule has 2 atom stereocenters. The van der Waals surface area contributed by atoms with Crippen molar-refractivity contribution in [2.45, 2.75) is 19.9 Å². The van der Waals surface area contributed by atoms with Gasteiger partial charge in [-0.15, -0.1) is 0 Å². The van der Waals surface area contributed by atoms with Crippen LogP contribution in [0.15, 0.2) is 36.5 Å². The Balaban J connectivity index is 1.46. The zero-order chi connectivity index (χ0) is 19.7. The summed E-state index contributed by atoms with van der Waals surface area (Å²) in [5.41, 5.74) is 0.929. The van der Waals surface area contributed by atoms with E-state index in [2.05, 4.69) is 21.7 Å². The van der Waals surface area contributed by atoms with Gasteiger partial charge >= 0.3 is 0 Å². The van der Waals surface area contributed by atoms with E-state index in [1.54, 1.807) is 6.92 Å². The molecule has 7 heteroatoms. The summed E-state index contributed by atoms with van der Waals surface area (Å²) in [4.78, 5) is 27.6. The van der Waals surface area contributed by atoms with Crippen molar-refractivity contribution in [3.8, 4) is 11.4 Å². The van der Waals surface area contributed by atoms with Crippen LogP contribution in [0.3, 0.4) is 0 Å². The molecular weight excluding hydrogens is 374 g/mol. The van der Waals surface area contributed by atoms with E-state index in [9.17, 15) is 4.79 Å². The molecule has 2 aromatic rings. The van der Waals surface area contributed by atoms with Crippen molar-refractivity contribution in [3.05, 3.63) is 41.6 Å². The third kappa shape index (κ3) is 3.98. The number of hydrogen-bond acceptors (Lipinski definition) is 5. The fourth-order valence-electron chi connectivity index (χ4n) is 4.27. The Kier molecular flexibility index (Phi) is 5.51. The van der Waals surface area contributed by atoms with E-state index in [0.29, 0.717) is 22.8 Å². The maximum absolute atomic E-state index is 11.6. The van der Waals surface area contributed by atoms with Gasteiger partial charge in [0.25, 0.3) is 0 Å². The van der Waals surface area contributed by atoms with E-state index in [1.807, 2.05) is 41.4 Å². The van der Waals surface area contributed by atoms with E-state index in [4.69, 9.17) is 16.6 Å². The van der Waals surface area contributed by atoms with Gasteiger partial charge in [-0.1, -0.05) is 30.7 Å². The Labute approximate surface area is 171 Å². The lowest BCUT2D eigenvalue weighted by Crippen LogP contribution is -2.53. The number of benzene rings is 1. The molecule has 148 valence electrons. The molecule has 28 heavy (non-hydrogen) atoms. The topological polar surface area (TPSA) is 52.6 Å². The highest BCUT2D eigenvalue weighted by Gasteiger charge is 2.36. The fourth-order valence-corrected chi connectivity index (χ4v) is 4.46. The van der Waals surface area contributed by atoms with Crippen LogP contribution in [-0.2, 0) is 4.79 Å². The van der Waals surface area contributed by atoms with Crippen LogP contribution in [0, 0.1) is 5.92 Å². The largest absolute Gasteiger partial charge is 0.355 e. The molecule has 1 aromatic carbocycles. The highest BCUT2D eigenvalue weighted by molar-refractivity contribution is 6.30. The van der Waals surface area contributed by atoms with Gasteiger partial charge in [0.1, 0.15) is 5.82 Å². The predicted octanol–water partition coefficient (Wildman–Crippen LogP) is 2.79. The van der Waals surface area contributed by atoms with Crippen molar-refractivity contribution < 1.29 is 4.79 Å². The minimum atomic E-state index is 0.176. The first-order valence-corrected chi connectivity index (χ1v) is 10.2. The van der Waals surface area contributed by atoms with Crippen molar-refractivity contribution >= 4 is 23.3 Å². The zero-order valence-electron chi connectivity index (χ0n) is 16.4. The van der Waals surface area contributed by atoms with E-state index in [0.717, 1.165) is 50.6 Å². The van der Waals surface area contributed by atoms with Crippen molar-refractivity contribution in [3.63, 3.8) is 0 Å². The lowest BCUT2D eigenvalue weighted by molar-refractivity contribution is -0.130. The van der Waals surface area contributed by atoms with Crippen LogP contribution >= 0.6 is 11.6 Å². The summed E-state index contributed by atoms with van der Waals surface area (Å²) < 4.78 is 0. The average Bonchev–Trinajstić information content (AvgIpc) is 3.10. The monoisotopic (exact) mass is 399 g/mol. The summed E-state index contributed by atoms with van der Waals surface area (Å²) in [5.74, 6) is 2.39. The Hall–Kier alpha value is -2.18. The molecule has 3 heterocycles. The second-order valence-electron chi connectivity index (χ2n) is 7.74. The van der Waals surface area contributed by atoms with E-state index in [1.165, 1.54) is 0 Å². The van der Waals surface area contributed by atoms with Gasteiger partial charge < -0.3 is 9.80 Å². The third-order valence-corrected chi connectivity index (χ3v) is 6.08. The molecule has 6 nitrogen and oxygen atoms in total. The van der Waals surface area contributed by atoms with Crippen LogP contribution < -0.4 is 4.90 Å². The molecule has 0 bridgehead atoms. The molecule has 2 unspecified atom stereocenters. The smallest absolute Gasteiger partial charge is 0.219 e. The van der Waals surface area contributed by atoms with Crippen LogP contribution in [0.2, 0.25) is 5.02 Å². The summed E-state index contributed by atoms with van der Waals surface area (Å²) in [7, 11) is 0. The Morgan fingerprint density at radius 2 is 1.93 bits per heavy atom. The number of halogens is 1. The molecule has 4 rings (SSSR count). The molecule has 1 aromatic heterocycles. The normalized spacial score (nSPS) is 23.2. The fraction of sp³-hybridized carbons (Fsp3) is 0.476. The zero-order valence-corrected chi connectivity index (χ0v) is 17.1. The van der Waals surface area contributed by atoms with Gasteiger partial charge in [-0.3, -0.25) is 9.69 Å². The van der Waals surface area contributed by atoms with Crippen LogP contribution in [-0.4, -0.2) is 71.0 Å². The lowest BCUT2D eigenvalue weighted by Gasteiger charge is -2.38. The Morgan fingerprint density at radius 3 is 2.64 bits per heavy atom. The number of carbonyl (C=O) groups excluding carboxylic acids is 1. The molecular formula is C21H26ClN5O. The van der Waals surface area contributed by atoms with Crippen molar-refractivity contribution in [1.82, 2.24) is 19.8 Å². The number of anilines is 1. The number of hydrogen-bond donors (Lipinski definition) is 0. The lowest BCUT2D eigenvalue weighted by atomic mass is 10.0. The molecule has 1 amide bonds. The standard InChI is InChI=1S/C21H26ClN5O/c1-15-13-27(14-19(15)26-10-8-25(9-11-26)16(2)28)20-6-7-23-21(24-20)17-4-3-5-18(22)12-17/h3-7,12,15,19H,8-11,13-14H2,1-2H3. The molecule has 2 fully saturated rings. The number of carbonyl (C=O) groups is 1. The first-order valence-electron chi connectivity index (χ1n) is 9.85. The van der Waals surface area contributed by atoms with E-state index >= 15 is 0 Å². The van der Waals surface area contributed by atoms with Gasteiger partial charge in [-0.05, 0) is 24.1 Å². The van der Waals surface area contributed by atoms with Crippen LogP contribution in [0.5, 0.6) is 0 Å². The predicted molar refractivity (Wildman–Crippen MR) is 111 cm³/mol. The van der Waals surface area contributed by atoms with Gasteiger partial charge in [0.15, 0.2) is 5.82 Å². The molecule has 2 aliphatic rings. The third-order valence-electron chi connectivity index (χ3n) is 5.85. The number of amides is 1. The molecule has 2 saturated heterocycles. The van der Waals surface area contributed by atoms with Crippen molar-refractivity contribution in [1.29, 1.82) is 0 Å². The highest BCUT2D eigenvalue weighted by atomic mass is 35.5. The SMILES string of the molecule is CC(=O)N1CCN(C2CN(c3ccnc(-c4cccc(Cl)c4)n3)CC2C)CC1. The first kappa shape index (κ1) is 19.2. The summed E-state index contributed by atoms with van der Waals surface area (Å²) in [6.07, 6.45) is 1.82. The maximum Gasteiger partial charge on any atom is 0.219 e. The molecule has 0 radical (unpaired) electrons. The van der Waals surface area contributed by atoms with Gasteiger partial charge in [0.2, 0.25) is 5.91 Å². The number of rotatable bonds is 3. The van der Waals surface area contributed by atoms with Crippen LogP contribution in [0.1, 0.15) is 13.8 Å². The molecule has 0 aliphatic carbocycles. The highest BCUT2D eigenvalue weighted by Crippen LogP contribution is 2.28. The number of nitrogens with zero attached hydrogens (tertiary/aromatic N) is 5. The van der Waals surface area contributed by atoms with Crippen LogP contribution in [0.25, 0.3) is 11.4 Å². The second-order valence-corrected chi connectivity index (χ2v) is 8.18. The summed E-state index contributed by atoms with van der Waals surface area (Å²) in [5, 5.41) is 0.686. The molecule has 2 aliphatic heterocycles. The summed E-state index contributed by atoms with van der Waals surface area (Å²) in [6.45, 7) is 9.43. The quantitative estimate of drug-likeness (QED) is 0.794. The maximum atomic E-state index is 11.6. The minimum Gasteiger partial charge on any atom is -0.355 e. The van der Waals surface area contributed by atoms with Crippen molar-refractivity contribution in [2.24, 2.45) is 5.92 Å².